The summed E-state index contributed by atoms with van der Waals surface area (Å²) in [5.74, 6) is 2.15. The van der Waals surface area contributed by atoms with Gasteiger partial charge in [0.1, 0.15) is 18.1 Å². The Morgan fingerprint density at radius 1 is 1.12 bits per heavy atom. The van der Waals surface area contributed by atoms with Crippen LogP contribution in [0.15, 0.2) is 76.4 Å². The number of nitrogens with zero attached hydrogens (tertiary/aromatic N) is 6. The van der Waals surface area contributed by atoms with E-state index >= 15 is 0 Å². The summed E-state index contributed by atoms with van der Waals surface area (Å²) in [7, 11) is 1.62. The quantitative estimate of drug-likeness (QED) is 0.359. The molecule has 0 unspecified atom stereocenters. The average molecular weight is 457 g/mol. The van der Waals surface area contributed by atoms with Crippen LogP contribution in [0.5, 0.6) is 5.75 Å². The van der Waals surface area contributed by atoms with Crippen LogP contribution >= 0.6 is 0 Å². The van der Waals surface area contributed by atoms with E-state index in [0.717, 1.165) is 28.0 Å². The lowest BCUT2D eigenvalue weighted by atomic mass is 10.1. The first-order chi connectivity index (χ1) is 16.7. The first-order valence-corrected chi connectivity index (χ1v) is 10.8. The number of ether oxygens (including phenoxy) is 1. The van der Waals surface area contributed by atoms with Crippen LogP contribution in [-0.2, 0) is 26.2 Å². The molecule has 0 amide bonds. The van der Waals surface area contributed by atoms with Crippen molar-refractivity contribution in [2.24, 2.45) is 0 Å². The lowest BCUT2D eigenvalue weighted by Gasteiger charge is -2.21. The molecule has 4 aromatic heterocycles. The zero-order valence-corrected chi connectivity index (χ0v) is 18.6. The maximum Gasteiger partial charge on any atom is 0.252 e. The largest absolute Gasteiger partial charge is 0.497 e. The van der Waals surface area contributed by atoms with Gasteiger partial charge in [-0.2, -0.15) is 0 Å². The molecule has 0 atom stereocenters. The smallest absolute Gasteiger partial charge is 0.252 e. The summed E-state index contributed by atoms with van der Waals surface area (Å²) in [6, 6.07) is 15.1. The van der Waals surface area contributed by atoms with Crippen LogP contribution in [0.1, 0.15) is 22.7 Å². The number of methoxy groups -OCH3 is 1. The van der Waals surface area contributed by atoms with Crippen LogP contribution in [0, 0.1) is 0 Å². The number of furan rings is 1. The third-order valence-electron chi connectivity index (χ3n) is 5.51. The molecule has 5 aromatic rings. The molecule has 0 spiro atoms. The van der Waals surface area contributed by atoms with Gasteiger partial charge in [0, 0.05) is 41.9 Å². The molecule has 0 fully saturated rings. The number of fused-ring (bicyclic) bond motifs is 1. The minimum atomic E-state index is -0.135. The molecule has 0 saturated heterocycles. The second kappa shape index (κ2) is 9.67. The van der Waals surface area contributed by atoms with E-state index in [2.05, 4.69) is 30.4 Å². The third kappa shape index (κ3) is 4.86. The monoisotopic (exact) mass is 457 g/mol. The predicted octanol–water partition coefficient (Wildman–Crippen LogP) is 2.76. The Morgan fingerprint density at radius 3 is 2.85 bits per heavy atom. The van der Waals surface area contributed by atoms with Crippen molar-refractivity contribution in [2.75, 3.05) is 7.11 Å². The predicted molar refractivity (Wildman–Crippen MR) is 124 cm³/mol. The number of H-pyrrole nitrogens is 1. The van der Waals surface area contributed by atoms with Crippen molar-refractivity contribution in [1.29, 1.82) is 0 Å². The average Bonchev–Trinajstić information content (AvgIpc) is 3.52. The highest BCUT2D eigenvalue weighted by molar-refractivity contribution is 5.80. The summed E-state index contributed by atoms with van der Waals surface area (Å²) in [5.41, 5.74) is 2.28. The first-order valence-electron chi connectivity index (χ1n) is 10.8. The Labute approximate surface area is 194 Å². The van der Waals surface area contributed by atoms with E-state index in [4.69, 9.17) is 9.15 Å². The van der Waals surface area contributed by atoms with E-state index in [1.165, 1.54) is 0 Å². The molecule has 4 heterocycles. The molecule has 0 bridgehead atoms. The number of rotatable bonds is 9. The maximum absolute atomic E-state index is 12.9. The highest BCUT2D eigenvalue weighted by atomic mass is 16.5. The Bertz CT molecular complexity index is 1430. The van der Waals surface area contributed by atoms with Crippen LogP contribution in [0.2, 0.25) is 0 Å². The maximum atomic E-state index is 12.9. The van der Waals surface area contributed by atoms with Gasteiger partial charge in [0.25, 0.3) is 5.56 Å². The Morgan fingerprint density at radius 2 is 2.06 bits per heavy atom. The fourth-order valence-corrected chi connectivity index (χ4v) is 3.84. The number of pyridine rings is 2. The second-order valence-electron chi connectivity index (χ2n) is 7.92. The number of tetrazole rings is 1. The molecule has 34 heavy (non-hydrogen) atoms. The van der Waals surface area contributed by atoms with Crippen molar-refractivity contribution in [3.8, 4) is 5.75 Å². The third-order valence-corrected chi connectivity index (χ3v) is 5.51. The molecule has 10 nitrogen and oxygen atoms in total. The summed E-state index contributed by atoms with van der Waals surface area (Å²) in [6.07, 6.45) is 5.17. The van der Waals surface area contributed by atoms with Gasteiger partial charge in [0.2, 0.25) is 0 Å². The molecule has 0 radical (unpaired) electrons. The van der Waals surface area contributed by atoms with E-state index in [1.54, 1.807) is 24.3 Å². The van der Waals surface area contributed by atoms with E-state index in [-0.39, 0.29) is 5.56 Å². The van der Waals surface area contributed by atoms with Crippen LogP contribution in [0.3, 0.4) is 0 Å². The van der Waals surface area contributed by atoms with Crippen LogP contribution < -0.4 is 10.3 Å². The molecule has 0 aliphatic heterocycles. The lowest BCUT2D eigenvalue weighted by Crippen LogP contribution is -2.28. The van der Waals surface area contributed by atoms with Gasteiger partial charge in [-0.1, -0.05) is 6.07 Å². The van der Waals surface area contributed by atoms with E-state index < -0.39 is 0 Å². The van der Waals surface area contributed by atoms with Gasteiger partial charge in [-0.15, -0.1) is 5.10 Å². The van der Waals surface area contributed by atoms with Crippen molar-refractivity contribution in [3.05, 3.63) is 100 Å². The molecular formula is C24H23N7O3. The molecule has 172 valence electrons. The number of aromatic nitrogens is 6. The van der Waals surface area contributed by atoms with Crippen molar-refractivity contribution in [2.45, 2.75) is 26.2 Å². The molecule has 10 heteroatoms. The number of benzene rings is 1. The molecule has 1 N–H and O–H groups in total. The van der Waals surface area contributed by atoms with Gasteiger partial charge in [0.05, 0.1) is 19.9 Å². The molecule has 5 rings (SSSR count). The second-order valence-corrected chi connectivity index (χ2v) is 7.92. The summed E-state index contributed by atoms with van der Waals surface area (Å²) in [4.78, 5) is 22.2. The highest BCUT2D eigenvalue weighted by Crippen LogP contribution is 2.20. The summed E-state index contributed by atoms with van der Waals surface area (Å²) < 4.78 is 12.5. The highest BCUT2D eigenvalue weighted by Gasteiger charge is 2.17. The SMILES string of the molecule is COc1ccc2[nH]c(=O)c(CN(Cc3cccnc3)Cc3nnnn3Cc3ccco3)cc2c1. The summed E-state index contributed by atoms with van der Waals surface area (Å²) in [6.45, 7) is 1.81. The van der Waals surface area contributed by atoms with Crippen molar-refractivity contribution in [1.82, 2.24) is 35.1 Å². The topological polar surface area (TPSA) is 115 Å². The number of hydrogen-bond donors (Lipinski definition) is 1. The van der Waals surface area contributed by atoms with Crippen molar-refractivity contribution < 1.29 is 9.15 Å². The van der Waals surface area contributed by atoms with Gasteiger partial charge >= 0.3 is 0 Å². The Kier molecular flexibility index (Phi) is 6.13. The fraction of sp³-hybridized carbons (Fsp3) is 0.208. The summed E-state index contributed by atoms with van der Waals surface area (Å²) >= 11 is 0. The molecule has 1 aromatic carbocycles. The molecule has 0 aliphatic carbocycles. The van der Waals surface area contributed by atoms with Gasteiger partial charge in [-0.25, -0.2) is 4.68 Å². The number of hydrogen-bond acceptors (Lipinski definition) is 8. The minimum absolute atomic E-state index is 0.135. The molecule has 0 saturated carbocycles. The van der Waals surface area contributed by atoms with Crippen LogP contribution in [0.4, 0.5) is 0 Å². The van der Waals surface area contributed by atoms with Gasteiger partial charge in [-0.3, -0.25) is 14.7 Å². The standard InChI is InChI=1S/C24H23N7O3/c1-33-20-6-7-22-18(11-20)10-19(24(32)26-22)14-30(13-17-4-2-8-25-12-17)16-23-27-28-29-31(23)15-21-5-3-9-34-21/h2-12H,13-16H2,1H3,(H,26,32). The van der Waals surface area contributed by atoms with E-state index in [0.29, 0.717) is 37.6 Å². The first kappa shape index (κ1) is 21.5. The fourth-order valence-electron chi connectivity index (χ4n) is 3.84. The molecule has 0 aliphatic rings. The number of nitrogens with one attached hydrogen (secondary N) is 1. The van der Waals surface area contributed by atoms with Gasteiger partial charge < -0.3 is 14.1 Å². The zero-order valence-electron chi connectivity index (χ0n) is 18.6. The lowest BCUT2D eigenvalue weighted by molar-refractivity contribution is 0.235. The summed E-state index contributed by atoms with van der Waals surface area (Å²) in [5, 5.41) is 13.1. The van der Waals surface area contributed by atoms with Crippen molar-refractivity contribution >= 4 is 10.9 Å². The van der Waals surface area contributed by atoms with Gasteiger partial charge in [-0.05, 0) is 58.5 Å². The van der Waals surface area contributed by atoms with Gasteiger partial charge in [0.15, 0.2) is 5.82 Å². The molecular weight excluding hydrogens is 434 g/mol. The minimum Gasteiger partial charge on any atom is -0.497 e. The number of aromatic amines is 1. The Hall–Kier alpha value is -4.31. The van der Waals surface area contributed by atoms with Crippen LogP contribution in [-0.4, -0.2) is 42.2 Å². The van der Waals surface area contributed by atoms with Crippen molar-refractivity contribution in [3.63, 3.8) is 0 Å². The normalized spacial score (nSPS) is 11.4. The van der Waals surface area contributed by atoms with Crippen LogP contribution in [0.25, 0.3) is 10.9 Å². The zero-order chi connectivity index (χ0) is 23.3. The van der Waals surface area contributed by atoms with E-state index in [9.17, 15) is 4.79 Å². The Balaban J connectivity index is 1.44. The van der Waals surface area contributed by atoms with E-state index in [1.807, 2.05) is 54.7 Å².